The molecule has 10 nitrogen and oxygen atoms in total. The van der Waals surface area contributed by atoms with Gasteiger partial charge in [-0.05, 0) is 63.9 Å². The number of thiophene rings is 1. The summed E-state index contributed by atoms with van der Waals surface area (Å²) in [6, 6.07) is 17.6. The topological polar surface area (TPSA) is 105 Å². The van der Waals surface area contributed by atoms with Gasteiger partial charge in [0.1, 0.15) is 22.6 Å². The molecule has 2 aliphatic rings. The van der Waals surface area contributed by atoms with Gasteiger partial charge in [0.2, 0.25) is 0 Å². The van der Waals surface area contributed by atoms with Crippen LogP contribution < -0.4 is 20.7 Å². The number of carbonyl (C=O) groups excluding carboxylic acids is 2. The third-order valence-corrected chi connectivity index (χ3v) is 9.59. The number of rotatable bonds is 5. The Morgan fingerprint density at radius 2 is 1.78 bits per heavy atom. The summed E-state index contributed by atoms with van der Waals surface area (Å²) in [5.41, 5.74) is 1.48. The SMILES string of the molecule is CN(C(=O)C1(NC(=O)OC(C)(C)C)CC1)c1ccc2sc3c(-c4cccn5c(=O)cc(N6CCOCC6)nc45)cccc3c2c1. The summed E-state index contributed by atoms with van der Waals surface area (Å²) in [4.78, 5) is 48.0. The van der Waals surface area contributed by atoms with Crippen molar-refractivity contribution in [3.63, 3.8) is 0 Å². The number of ether oxygens (including phenoxy) is 2. The van der Waals surface area contributed by atoms with Gasteiger partial charge in [-0.25, -0.2) is 9.78 Å². The van der Waals surface area contributed by atoms with Crippen LogP contribution in [0.15, 0.2) is 65.6 Å². The number of carbonyl (C=O) groups is 2. The fourth-order valence-corrected chi connectivity index (χ4v) is 7.15. The molecule has 0 unspecified atom stereocenters. The van der Waals surface area contributed by atoms with Gasteiger partial charge < -0.3 is 24.6 Å². The number of hydrogen-bond acceptors (Lipinski definition) is 8. The molecule has 0 bridgehead atoms. The lowest BCUT2D eigenvalue weighted by atomic mass is 10.0. The lowest BCUT2D eigenvalue weighted by molar-refractivity contribution is -0.121. The van der Waals surface area contributed by atoms with Crippen LogP contribution in [0.1, 0.15) is 33.6 Å². The highest BCUT2D eigenvalue weighted by Crippen LogP contribution is 2.43. The first-order valence-electron chi connectivity index (χ1n) is 15.1. The van der Waals surface area contributed by atoms with Crippen molar-refractivity contribution in [2.45, 2.75) is 44.8 Å². The van der Waals surface area contributed by atoms with Crippen LogP contribution in [0.5, 0.6) is 0 Å². The van der Waals surface area contributed by atoms with Gasteiger partial charge in [0.15, 0.2) is 0 Å². The minimum atomic E-state index is -0.949. The molecule has 7 rings (SSSR count). The normalized spacial score (nSPS) is 16.2. The highest BCUT2D eigenvalue weighted by atomic mass is 32.1. The molecule has 0 atom stereocenters. The summed E-state index contributed by atoms with van der Waals surface area (Å²) >= 11 is 1.67. The molecule has 1 aliphatic heterocycles. The van der Waals surface area contributed by atoms with E-state index < -0.39 is 17.2 Å². The second kappa shape index (κ2) is 10.8. The first kappa shape index (κ1) is 29.2. The second-order valence-corrected chi connectivity index (χ2v) is 13.8. The van der Waals surface area contributed by atoms with E-state index in [0.717, 1.165) is 37.0 Å². The maximum Gasteiger partial charge on any atom is 0.408 e. The lowest BCUT2D eigenvalue weighted by Crippen LogP contribution is -2.50. The molecule has 0 radical (unpaired) electrons. The van der Waals surface area contributed by atoms with Crippen molar-refractivity contribution in [2.75, 3.05) is 43.2 Å². The Kier molecular flexibility index (Phi) is 7.05. The number of morpholine rings is 1. The molecule has 5 aromatic rings. The summed E-state index contributed by atoms with van der Waals surface area (Å²) < 4.78 is 14.7. The van der Waals surface area contributed by atoms with Crippen LogP contribution in [0.3, 0.4) is 0 Å². The monoisotopic (exact) mass is 625 g/mol. The number of nitrogens with zero attached hydrogens (tertiary/aromatic N) is 4. The first-order valence-corrected chi connectivity index (χ1v) is 15.9. The number of pyridine rings is 1. The van der Waals surface area contributed by atoms with Crippen LogP contribution in [0.2, 0.25) is 0 Å². The van der Waals surface area contributed by atoms with E-state index in [1.807, 2.05) is 36.4 Å². The highest BCUT2D eigenvalue weighted by Gasteiger charge is 2.53. The highest BCUT2D eigenvalue weighted by molar-refractivity contribution is 7.26. The number of fused-ring (bicyclic) bond motifs is 4. The van der Waals surface area contributed by atoms with Gasteiger partial charge in [-0.1, -0.05) is 18.2 Å². The maximum absolute atomic E-state index is 13.6. The molecule has 2 aromatic carbocycles. The first-order chi connectivity index (χ1) is 21.5. The zero-order valence-corrected chi connectivity index (χ0v) is 26.6. The van der Waals surface area contributed by atoms with Gasteiger partial charge in [-0.2, -0.15) is 0 Å². The van der Waals surface area contributed by atoms with Gasteiger partial charge in [-0.15, -0.1) is 11.3 Å². The zero-order chi connectivity index (χ0) is 31.5. The summed E-state index contributed by atoms with van der Waals surface area (Å²) in [5.74, 6) is 0.488. The zero-order valence-electron chi connectivity index (χ0n) is 25.8. The molecule has 11 heteroatoms. The van der Waals surface area contributed by atoms with E-state index in [1.54, 1.807) is 60.7 Å². The molecule has 1 saturated carbocycles. The van der Waals surface area contributed by atoms with Gasteiger partial charge in [-0.3, -0.25) is 14.0 Å². The van der Waals surface area contributed by atoms with Crippen LogP contribution in [-0.2, 0) is 14.3 Å². The quantitative estimate of drug-likeness (QED) is 0.272. The standard InChI is InChI=1S/C34H35N5O5S/c1-33(2,3)44-32(42)36-34(12-13-34)31(41)37(4)21-10-11-26-25(19-21)23-8-5-7-22(29(23)45-26)24-9-6-14-39-28(40)20-27(35-30(24)39)38-15-17-43-18-16-38/h5-11,14,19-20H,12-13,15-18H2,1-4H3,(H,36,42). The predicted octanol–water partition coefficient (Wildman–Crippen LogP) is 5.59. The number of alkyl carbamates (subject to hydrolysis) is 1. The summed E-state index contributed by atoms with van der Waals surface area (Å²) in [6.45, 7) is 7.98. The number of likely N-dealkylation sites (N-methyl/N-ethyl adjacent to an activating group) is 1. The summed E-state index contributed by atoms with van der Waals surface area (Å²) in [6.07, 6.45) is 2.30. The molecule has 1 saturated heterocycles. The Bertz CT molecular complexity index is 2030. The molecule has 2 fully saturated rings. The summed E-state index contributed by atoms with van der Waals surface area (Å²) in [5, 5.41) is 4.89. The van der Waals surface area contributed by atoms with Gasteiger partial charge in [0.05, 0.1) is 13.2 Å². The molecule has 0 spiro atoms. The molecule has 232 valence electrons. The van der Waals surface area contributed by atoms with Crippen LogP contribution >= 0.6 is 11.3 Å². The van der Waals surface area contributed by atoms with E-state index in [4.69, 9.17) is 14.5 Å². The number of nitrogens with one attached hydrogen (secondary N) is 1. The largest absolute Gasteiger partial charge is 0.444 e. The number of benzene rings is 2. The number of anilines is 2. The van der Waals surface area contributed by atoms with Crippen molar-refractivity contribution in [1.29, 1.82) is 0 Å². The Labute approximate surface area is 264 Å². The van der Waals surface area contributed by atoms with E-state index >= 15 is 0 Å². The Hall–Kier alpha value is -4.48. The van der Waals surface area contributed by atoms with Crippen molar-refractivity contribution in [2.24, 2.45) is 0 Å². The van der Waals surface area contributed by atoms with E-state index in [0.29, 0.717) is 50.6 Å². The van der Waals surface area contributed by atoms with E-state index in [2.05, 4.69) is 22.3 Å². The Morgan fingerprint density at radius 1 is 1.02 bits per heavy atom. The van der Waals surface area contributed by atoms with Gasteiger partial charge in [0, 0.05) is 69.4 Å². The second-order valence-electron chi connectivity index (χ2n) is 12.7. The average molecular weight is 626 g/mol. The molecule has 45 heavy (non-hydrogen) atoms. The van der Waals surface area contributed by atoms with Crippen molar-refractivity contribution in [3.8, 4) is 11.1 Å². The van der Waals surface area contributed by atoms with Crippen LogP contribution in [0.4, 0.5) is 16.3 Å². The third-order valence-electron chi connectivity index (χ3n) is 8.37. The Morgan fingerprint density at radius 3 is 2.51 bits per heavy atom. The van der Waals surface area contributed by atoms with Crippen molar-refractivity contribution < 1.29 is 19.1 Å². The molecular weight excluding hydrogens is 590 g/mol. The maximum atomic E-state index is 13.6. The Balaban J connectivity index is 1.25. The van der Waals surface area contributed by atoms with Gasteiger partial charge >= 0.3 is 6.09 Å². The molecule has 4 heterocycles. The van der Waals surface area contributed by atoms with Crippen LogP contribution in [-0.4, -0.2) is 65.9 Å². The van der Waals surface area contributed by atoms with Crippen LogP contribution in [0.25, 0.3) is 36.9 Å². The average Bonchev–Trinajstić information content (AvgIpc) is 3.70. The van der Waals surface area contributed by atoms with Crippen molar-refractivity contribution in [3.05, 3.63) is 71.1 Å². The third kappa shape index (κ3) is 5.40. The fourth-order valence-electron chi connectivity index (χ4n) is 5.94. The summed E-state index contributed by atoms with van der Waals surface area (Å²) in [7, 11) is 1.74. The van der Waals surface area contributed by atoms with E-state index in [9.17, 15) is 14.4 Å². The van der Waals surface area contributed by atoms with Gasteiger partial charge in [0.25, 0.3) is 11.5 Å². The molecule has 1 aliphatic carbocycles. The smallest absolute Gasteiger partial charge is 0.408 e. The minimum absolute atomic E-state index is 0.126. The van der Waals surface area contributed by atoms with Crippen molar-refractivity contribution >= 4 is 60.7 Å². The van der Waals surface area contributed by atoms with Crippen LogP contribution in [0, 0.1) is 0 Å². The molecule has 3 aromatic heterocycles. The van der Waals surface area contributed by atoms with E-state index in [1.165, 1.54) is 0 Å². The number of aromatic nitrogens is 2. The minimum Gasteiger partial charge on any atom is -0.444 e. The molecule has 2 amide bonds. The lowest BCUT2D eigenvalue weighted by Gasteiger charge is -2.27. The number of hydrogen-bond donors (Lipinski definition) is 1. The fraction of sp³-hybridized carbons (Fsp3) is 0.353. The van der Waals surface area contributed by atoms with E-state index in [-0.39, 0.29) is 11.5 Å². The van der Waals surface area contributed by atoms with Crippen molar-refractivity contribution in [1.82, 2.24) is 14.7 Å². The molecule has 1 N–H and O–H groups in total. The molecular formula is C34H35N5O5S. The number of amides is 2. The predicted molar refractivity (Wildman–Crippen MR) is 178 cm³/mol.